The molecule has 1 amide bonds. The summed E-state index contributed by atoms with van der Waals surface area (Å²) in [6.07, 6.45) is 1.90. The number of rotatable bonds is 4. The highest BCUT2D eigenvalue weighted by Crippen LogP contribution is 2.42. The van der Waals surface area contributed by atoms with Crippen molar-refractivity contribution in [2.24, 2.45) is 0 Å². The summed E-state index contributed by atoms with van der Waals surface area (Å²) >= 11 is 0. The molecule has 0 fully saturated rings. The molecule has 0 aliphatic carbocycles. The predicted molar refractivity (Wildman–Crippen MR) is 131 cm³/mol. The maximum Gasteiger partial charge on any atom is 0.471 e. The number of carbonyl (C=O) groups excluding carboxylic acids is 1. The summed E-state index contributed by atoms with van der Waals surface area (Å²) in [4.78, 5) is 23.9. The van der Waals surface area contributed by atoms with Gasteiger partial charge in [-0.2, -0.15) is 18.3 Å². The van der Waals surface area contributed by atoms with Crippen LogP contribution in [-0.4, -0.2) is 37.2 Å². The zero-order valence-electron chi connectivity index (χ0n) is 19.1. The zero-order valence-corrected chi connectivity index (χ0v) is 19.1. The second kappa shape index (κ2) is 8.80. The van der Waals surface area contributed by atoms with E-state index in [9.17, 15) is 22.4 Å². The molecule has 1 unspecified atom stereocenters. The standard InChI is InChI=1S/C25H16F4N8O/c26-15-3-1-2-12(4-15)18-10-31-11-19-20(18)35-23(34-19)21-17-6-14(8-32-22(17)37-36-21)13-5-16(9-30-7-13)33-24(38)25(27,28)29/h1-11,23,34-35H,(H,33,38)(H,32,36,37). The van der Waals surface area contributed by atoms with Crippen LogP contribution >= 0.6 is 0 Å². The van der Waals surface area contributed by atoms with E-state index in [2.05, 4.69) is 35.8 Å². The monoisotopic (exact) mass is 520 g/mol. The number of alkyl halides is 3. The fraction of sp³-hybridized carbons (Fsp3) is 0.0800. The summed E-state index contributed by atoms with van der Waals surface area (Å²) in [5.41, 5.74) is 4.76. The number of amides is 1. The number of pyridine rings is 3. The number of nitrogens with zero attached hydrogens (tertiary/aromatic N) is 4. The lowest BCUT2D eigenvalue weighted by molar-refractivity contribution is -0.167. The Balaban J connectivity index is 1.32. The van der Waals surface area contributed by atoms with Gasteiger partial charge in [-0.3, -0.25) is 19.9 Å². The van der Waals surface area contributed by atoms with Gasteiger partial charge in [0.25, 0.3) is 0 Å². The molecule has 0 bridgehead atoms. The quantitative estimate of drug-likeness (QED) is 0.239. The summed E-state index contributed by atoms with van der Waals surface area (Å²) in [6.45, 7) is 0. The van der Waals surface area contributed by atoms with Crippen molar-refractivity contribution in [2.45, 2.75) is 12.3 Å². The molecule has 0 spiro atoms. The highest BCUT2D eigenvalue weighted by Gasteiger charge is 2.38. The van der Waals surface area contributed by atoms with Crippen LogP contribution < -0.4 is 16.0 Å². The number of H-pyrrole nitrogens is 1. The van der Waals surface area contributed by atoms with Crippen LogP contribution in [0.5, 0.6) is 0 Å². The Bertz CT molecular complexity index is 1700. The van der Waals surface area contributed by atoms with E-state index in [4.69, 9.17) is 0 Å². The molecule has 0 saturated carbocycles. The molecule has 38 heavy (non-hydrogen) atoms. The predicted octanol–water partition coefficient (Wildman–Crippen LogP) is 5.26. The molecule has 4 aromatic heterocycles. The van der Waals surface area contributed by atoms with Gasteiger partial charge in [-0.25, -0.2) is 9.37 Å². The number of aromatic nitrogens is 5. The van der Waals surface area contributed by atoms with Crippen molar-refractivity contribution in [3.05, 3.63) is 78.9 Å². The lowest BCUT2D eigenvalue weighted by Gasteiger charge is -2.12. The smallest absolute Gasteiger partial charge is 0.358 e. The SMILES string of the molecule is O=C(Nc1cncc(-c2cnc3n[nH]c(C4Nc5cncc(-c6cccc(F)c6)c5N4)c3c2)c1)C(F)(F)F. The minimum absolute atomic E-state index is 0.107. The molecule has 1 aliphatic heterocycles. The lowest BCUT2D eigenvalue weighted by atomic mass is 10.1. The molecule has 0 saturated heterocycles. The van der Waals surface area contributed by atoms with E-state index in [1.165, 1.54) is 30.6 Å². The number of anilines is 3. The van der Waals surface area contributed by atoms with Crippen LogP contribution in [0.15, 0.2) is 67.4 Å². The first-order valence-electron chi connectivity index (χ1n) is 11.2. The van der Waals surface area contributed by atoms with Gasteiger partial charge < -0.3 is 16.0 Å². The Labute approximate surface area is 211 Å². The third-order valence-corrected chi connectivity index (χ3v) is 5.98. The van der Waals surface area contributed by atoms with Crippen molar-refractivity contribution < 1.29 is 22.4 Å². The van der Waals surface area contributed by atoms with Crippen LogP contribution in [0.2, 0.25) is 0 Å². The summed E-state index contributed by atoms with van der Waals surface area (Å²) in [5, 5.41) is 16.4. The molecule has 4 N–H and O–H groups in total. The molecule has 0 radical (unpaired) electrons. The topological polar surface area (TPSA) is 121 Å². The van der Waals surface area contributed by atoms with Gasteiger partial charge >= 0.3 is 12.1 Å². The Morgan fingerprint density at radius 3 is 2.55 bits per heavy atom. The van der Waals surface area contributed by atoms with Gasteiger partial charge in [-0.1, -0.05) is 12.1 Å². The number of aromatic amines is 1. The third-order valence-electron chi connectivity index (χ3n) is 5.98. The molecular weight excluding hydrogens is 504 g/mol. The van der Waals surface area contributed by atoms with E-state index in [0.717, 1.165) is 11.9 Å². The Morgan fingerprint density at radius 2 is 1.74 bits per heavy atom. The fourth-order valence-electron chi connectivity index (χ4n) is 4.24. The van der Waals surface area contributed by atoms with Crippen molar-refractivity contribution in [2.75, 3.05) is 16.0 Å². The number of hydrogen-bond donors (Lipinski definition) is 4. The highest BCUT2D eigenvalue weighted by molar-refractivity contribution is 5.95. The third kappa shape index (κ3) is 4.23. The molecule has 1 aromatic carbocycles. The van der Waals surface area contributed by atoms with Gasteiger partial charge in [-0.15, -0.1) is 0 Å². The van der Waals surface area contributed by atoms with Crippen LogP contribution in [0.25, 0.3) is 33.3 Å². The summed E-state index contributed by atoms with van der Waals surface area (Å²) < 4.78 is 51.8. The van der Waals surface area contributed by atoms with E-state index in [-0.39, 0.29) is 11.5 Å². The molecule has 1 atom stereocenters. The van der Waals surface area contributed by atoms with Crippen LogP contribution in [0, 0.1) is 5.82 Å². The second-order valence-corrected chi connectivity index (χ2v) is 8.49. The van der Waals surface area contributed by atoms with Crippen molar-refractivity contribution in [3.8, 4) is 22.3 Å². The van der Waals surface area contributed by atoms with E-state index < -0.39 is 18.2 Å². The van der Waals surface area contributed by atoms with Crippen LogP contribution in [0.1, 0.15) is 11.9 Å². The van der Waals surface area contributed by atoms with Crippen molar-refractivity contribution in [3.63, 3.8) is 0 Å². The maximum atomic E-state index is 13.8. The molecule has 5 heterocycles. The number of halogens is 4. The average molecular weight is 520 g/mol. The van der Waals surface area contributed by atoms with Crippen molar-refractivity contribution in [1.82, 2.24) is 25.1 Å². The van der Waals surface area contributed by atoms with Crippen LogP contribution in [-0.2, 0) is 4.79 Å². The highest BCUT2D eigenvalue weighted by atomic mass is 19.4. The van der Waals surface area contributed by atoms with E-state index >= 15 is 0 Å². The molecule has 13 heteroatoms. The van der Waals surface area contributed by atoms with Gasteiger partial charge in [0, 0.05) is 40.7 Å². The Kier molecular flexibility index (Phi) is 5.40. The summed E-state index contributed by atoms with van der Waals surface area (Å²) in [6, 6.07) is 9.34. The number of fused-ring (bicyclic) bond motifs is 2. The minimum atomic E-state index is -5.02. The second-order valence-electron chi connectivity index (χ2n) is 8.49. The summed E-state index contributed by atoms with van der Waals surface area (Å²) in [5.74, 6) is -2.45. The van der Waals surface area contributed by atoms with Gasteiger partial charge in [0.05, 0.1) is 35.1 Å². The maximum absolute atomic E-state index is 13.8. The van der Waals surface area contributed by atoms with Crippen molar-refractivity contribution in [1.29, 1.82) is 0 Å². The molecule has 1 aliphatic rings. The average Bonchev–Trinajstić information content (AvgIpc) is 3.52. The zero-order chi connectivity index (χ0) is 26.4. The molecule has 5 aromatic rings. The van der Waals surface area contributed by atoms with E-state index in [0.29, 0.717) is 44.7 Å². The first kappa shape index (κ1) is 23.3. The largest absolute Gasteiger partial charge is 0.471 e. The van der Waals surface area contributed by atoms with E-state index in [1.807, 2.05) is 0 Å². The van der Waals surface area contributed by atoms with Crippen molar-refractivity contribution >= 4 is 34.0 Å². The lowest BCUT2D eigenvalue weighted by Crippen LogP contribution is -2.29. The number of hydrogen-bond acceptors (Lipinski definition) is 7. The van der Waals surface area contributed by atoms with Crippen LogP contribution in [0.4, 0.5) is 34.6 Å². The molecule has 9 nitrogen and oxygen atoms in total. The van der Waals surface area contributed by atoms with Gasteiger partial charge in [-0.05, 0) is 29.8 Å². The normalized spacial score (nSPS) is 14.6. The number of carbonyl (C=O) groups is 1. The summed E-state index contributed by atoms with van der Waals surface area (Å²) in [7, 11) is 0. The Hall–Kier alpha value is -5.07. The fourth-order valence-corrected chi connectivity index (χ4v) is 4.24. The number of nitrogens with one attached hydrogen (secondary N) is 4. The van der Waals surface area contributed by atoms with Gasteiger partial charge in [0.15, 0.2) is 5.65 Å². The minimum Gasteiger partial charge on any atom is -0.358 e. The van der Waals surface area contributed by atoms with Crippen LogP contribution in [0.3, 0.4) is 0 Å². The first-order valence-corrected chi connectivity index (χ1v) is 11.2. The number of benzene rings is 1. The van der Waals surface area contributed by atoms with E-state index in [1.54, 1.807) is 35.9 Å². The Morgan fingerprint density at radius 1 is 0.921 bits per heavy atom. The molecule has 190 valence electrons. The van der Waals surface area contributed by atoms with Gasteiger partial charge in [0.1, 0.15) is 12.0 Å². The molecule has 6 rings (SSSR count). The molecular formula is C25H16F4N8O. The first-order chi connectivity index (χ1) is 18.3. The van der Waals surface area contributed by atoms with Gasteiger partial charge in [0.2, 0.25) is 0 Å².